The van der Waals surface area contributed by atoms with Crippen LogP contribution >= 0.6 is 0 Å². The molecule has 152 valence electrons. The van der Waals surface area contributed by atoms with Crippen LogP contribution in [-0.4, -0.2) is 23.6 Å². The minimum absolute atomic E-state index is 0.0336. The number of rotatable bonds is 7. The van der Waals surface area contributed by atoms with Crippen LogP contribution in [0.4, 0.5) is 4.39 Å². The molecule has 0 aliphatic carbocycles. The number of esters is 2. The van der Waals surface area contributed by atoms with Crippen molar-refractivity contribution in [1.29, 1.82) is 0 Å². The van der Waals surface area contributed by atoms with Gasteiger partial charge in [-0.2, -0.15) is 0 Å². The molecular formula is C22H33FO4. The normalized spacial score (nSPS) is 15.2. The van der Waals surface area contributed by atoms with Gasteiger partial charge in [-0.3, -0.25) is 9.59 Å². The van der Waals surface area contributed by atoms with Gasteiger partial charge in [0.2, 0.25) is 0 Å². The summed E-state index contributed by atoms with van der Waals surface area (Å²) in [6.45, 7) is 14.6. The molecule has 0 spiro atoms. The molecule has 0 radical (unpaired) electrons. The summed E-state index contributed by atoms with van der Waals surface area (Å²) in [5, 5.41) is 0. The Bertz CT molecular complexity index is 661. The first-order valence-corrected chi connectivity index (χ1v) is 9.50. The maximum absolute atomic E-state index is 14.0. The van der Waals surface area contributed by atoms with E-state index >= 15 is 0 Å². The molecule has 0 aliphatic rings. The van der Waals surface area contributed by atoms with E-state index in [1.165, 1.54) is 6.07 Å². The summed E-state index contributed by atoms with van der Waals surface area (Å²) in [5.41, 5.74) is 0.817. The lowest BCUT2D eigenvalue weighted by Crippen LogP contribution is -2.31. The van der Waals surface area contributed by atoms with Crippen molar-refractivity contribution < 1.29 is 23.5 Å². The molecule has 1 aromatic rings. The first kappa shape index (κ1) is 23.1. The molecule has 0 N–H and O–H groups in total. The molecule has 3 atom stereocenters. The second-order valence-corrected chi connectivity index (χ2v) is 8.56. The molecule has 0 fully saturated rings. The molecular weight excluding hydrogens is 347 g/mol. The van der Waals surface area contributed by atoms with Crippen LogP contribution in [0.2, 0.25) is 0 Å². The summed E-state index contributed by atoms with van der Waals surface area (Å²) >= 11 is 0. The molecule has 1 rings (SSSR count). The molecule has 0 bridgehead atoms. The van der Waals surface area contributed by atoms with Crippen molar-refractivity contribution in [3.63, 3.8) is 0 Å². The van der Waals surface area contributed by atoms with Gasteiger partial charge in [-0.05, 0) is 57.7 Å². The maximum Gasteiger partial charge on any atom is 0.309 e. The number of benzene rings is 1. The second kappa shape index (κ2) is 9.34. The lowest BCUT2D eigenvalue weighted by Gasteiger charge is -2.30. The Morgan fingerprint density at radius 3 is 2.22 bits per heavy atom. The summed E-state index contributed by atoms with van der Waals surface area (Å²) in [6, 6.07) is 4.97. The Balaban J connectivity index is 2.84. The fraction of sp³-hybridized carbons (Fsp3) is 0.636. The minimum atomic E-state index is -0.608. The van der Waals surface area contributed by atoms with Crippen LogP contribution in [0.15, 0.2) is 18.2 Å². The number of carbonyl (C=O) groups is 2. The fourth-order valence-corrected chi connectivity index (χ4v) is 3.23. The summed E-state index contributed by atoms with van der Waals surface area (Å²) in [7, 11) is 0. The Kier molecular flexibility index (Phi) is 8.00. The Labute approximate surface area is 162 Å². The summed E-state index contributed by atoms with van der Waals surface area (Å²) < 4.78 is 24.9. The first-order valence-electron chi connectivity index (χ1n) is 9.50. The van der Waals surface area contributed by atoms with E-state index in [9.17, 15) is 14.0 Å². The van der Waals surface area contributed by atoms with Crippen LogP contribution in [0.5, 0.6) is 0 Å². The van der Waals surface area contributed by atoms with E-state index < -0.39 is 29.6 Å². The van der Waals surface area contributed by atoms with Crippen molar-refractivity contribution in [2.45, 2.75) is 79.4 Å². The molecule has 4 nitrogen and oxygen atoms in total. The highest BCUT2D eigenvalue weighted by Crippen LogP contribution is 2.33. The van der Waals surface area contributed by atoms with Crippen molar-refractivity contribution in [1.82, 2.24) is 0 Å². The minimum Gasteiger partial charge on any atom is -0.462 e. The topological polar surface area (TPSA) is 52.6 Å². The predicted molar refractivity (Wildman–Crippen MR) is 104 cm³/mol. The molecule has 0 saturated heterocycles. The van der Waals surface area contributed by atoms with Crippen molar-refractivity contribution in [3.05, 3.63) is 35.1 Å². The van der Waals surface area contributed by atoms with Crippen LogP contribution in [0, 0.1) is 24.6 Å². The smallest absolute Gasteiger partial charge is 0.309 e. The summed E-state index contributed by atoms with van der Waals surface area (Å²) in [6.07, 6.45) is -0.479. The number of ether oxygens (including phenoxy) is 2. The van der Waals surface area contributed by atoms with E-state index in [0.29, 0.717) is 5.56 Å². The standard InChI is InChI=1S/C22H33FO4/c1-13(2)20(17-10-9-11-18(23)15(17)4)16(5)26-21(25)14(3)12-19(24)27-22(6,7)8/h9-11,13-14,16,20H,12H2,1-8H3/t14-,16+,20-/m1/s1. The van der Waals surface area contributed by atoms with Crippen molar-refractivity contribution in [2.75, 3.05) is 0 Å². The highest BCUT2D eigenvalue weighted by molar-refractivity contribution is 5.80. The summed E-state index contributed by atoms with van der Waals surface area (Å²) in [4.78, 5) is 24.4. The van der Waals surface area contributed by atoms with E-state index in [0.717, 1.165) is 5.56 Å². The van der Waals surface area contributed by atoms with Gasteiger partial charge in [-0.25, -0.2) is 4.39 Å². The molecule has 0 aliphatic heterocycles. The largest absolute Gasteiger partial charge is 0.462 e. The fourth-order valence-electron chi connectivity index (χ4n) is 3.23. The van der Waals surface area contributed by atoms with Crippen LogP contribution in [0.25, 0.3) is 0 Å². The van der Waals surface area contributed by atoms with Crippen molar-refractivity contribution in [3.8, 4) is 0 Å². The molecule has 5 heteroatoms. The molecule has 0 saturated carbocycles. The Morgan fingerprint density at radius 2 is 1.70 bits per heavy atom. The molecule has 0 aromatic heterocycles. The zero-order chi connectivity index (χ0) is 20.9. The van der Waals surface area contributed by atoms with Gasteiger partial charge < -0.3 is 9.47 Å². The van der Waals surface area contributed by atoms with Crippen LogP contribution < -0.4 is 0 Å². The van der Waals surface area contributed by atoms with Gasteiger partial charge in [0.25, 0.3) is 0 Å². The number of hydrogen-bond donors (Lipinski definition) is 0. The van der Waals surface area contributed by atoms with Gasteiger partial charge in [-0.1, -0.05) is 32.9 Å². The van der Waals surface area contributed by atoms with Gasteiger partial charge in [0, 0.05) is 5.92 Å². The summed E-state index contributed by atoms with van der Waals surface area (Å²) in [5.74, 6) is -1.75. The van der Waals surface area contributed by atoms with Crippen LogP contribution in [0.1, 0.15) is 71.9 Å². The van der Waals surface area contributed by atoms with E-state index in [1.54, 1.807) is 40.7 Å². The highest BCUT2D eigenvalue weighted by atomic mass is 19.1. The van der Waals surface area contributed by atoms with Crippen LogP contribution in [0.3, 0.4) is 0 Å². The van der Waals surface area contributed by atoms with E-state index in [2.05, 4.69) is 0 Å². The predicted octanol–water partition coefficient (Wildman–Crippen LogP) is 5.17. The third-order valence-corrected chi connectivity index (χ3v) is 4.49. The SMILES string of the molecule is Cc1c(F)cccc1[C@H](C(C)C)[C@H](C)OC(=O)[C@H](C)CC(=O)OC(C)(C)C. The van der Waals surface area contributed by atoms with Crippen molar-refractivity contribution >= 4 is 11.9 Å². The molecule has 1 aromatic carbocycles. The first-order chi connectivity index (χ1) is 12.3. The monoisotopic (exact) mass is 380 g/mol. The van der Waals surface area contributed by atoms with Crippen LogP contribution in [-0.2, 0) is 19.1 Å². The molecule has 0 heterocycles. The molecule has 0 amide bonds. The number of halogens is 1. The highest BCUT2D eigenvalue weighted by Gasteiger charge is 2.30. The molecule has 0 unspecified atom stereocenters. The number of carbonyl (C=O) groups excluding carboxylic acids is 2. The lowest BCUT2D eigenvalue weighted by atomic mass is 9.82. The van der Waals surface area contributed by atoms with Gasteiger partial charge in [0.15, 0.2) is 0 Å². The third-order valence-electron chi connectivity index (χ3n) is 4.49. The van der Waals surface area contributed by atoms with Gasteiger partial charge in [-0.15, -0.1) is 0 Å². The number of hydrogen-bond acceptors (Lipinski definition) is 4. The Hall–Kier alpha value is -1.91. The second-order valence-electron chi connectivity index (χ2n) is 8.56. The van der Waals surface area contributed by atoms with E-state index in [-0.39, 0.29) is 24.1 Å². The average molecular weight is 381 g/mol. The maximum atomic E-state index is 14.0. The van der Waals surface area contributed by atoms with E-state index in [1.807, 2.05) is 26.8 Å². The average Bonchev–Trinajstić information content (AvgIpc) is 2.49. The quantitative estimate of drug-likeness (QED) is 0.612. The zero-order valence-corrected chi connectivity index (χ0v) is 17.8. The van der Waals surface area contributed by atoms with Crippen molar-refractivity contribution in [2.24, 2.45) is 11.8 Å². The third kappa shape index (κ3) is 6.96. The van der Waals surface area contributed by atoms with Gasteiger partial charge in [0.1, 0.15) is 17.5 Å². The van der Waals surface area contributed by atoms with E-state index in [4.69, 9.17) is 9.47 Å². The van der Waals surface area contributed by atoms with Gasteiger partial charge in [0.05, 0.1) is 12.3 Å². The Morgan fingerprint density at radius 1 is 1.11 bits per heavy atom. The molecule has 27 heavy (non-hydrogen) atoms. The zero-order valence-electron chi connectivity index (χ0n) is 17.8. The van der Waals surface area contributed by atoms with Gasteiger partial charge >= 0.3 is 11.9 Å². The lowest BCUT2D eigenvalue weighted by molar-refractivity contribution is -0.163.